The second kappa shape index (κ2) is 9.95. The molecule has 0 bridgehead atoms. The van der Waals surface area contributed by atoms with Crippen LogP contribution in [0.3, 0.4) is 0 Å². The van der Waals surface area contributed by atoms with Crippen molar-refractivity contribution in [1.29, 1.82) is 0 Å². The van der Waals surface area contributed by atoms with Gasteiger partial charge in [0, 0.05) is 25.4 Å². The van der Waals surface area contributed by atoms with Crippen molar-refractivity contribution in [2.24, 2.45) is 0 Å². The minimum absolute atomic E-state index is 0.104. The number of methoxy groups -OCH3 is 1. The predicted molar refractivity (Wildman–Crippen MR) is 113 cm³/mol. The number of urea groups is 1. The maximum atomic E-state index is 12.9. The number of aryl methyl sites for hydroxylation is 1. The third-order valence-electron chi connectivity index (χ3n) is 4.85. The highest BCUT2D eigenvalue weighted by molar-refractivity contribution is 5.90. The van der Waals surface area contributed by atoms with Gasteiger partial charge in [0.15, 0.2) is 0 Å². The zero-order valence-electron chi connectivity index (χ0n) is 16.6. The molecule has 0 radical (unpaired) electrons. The molecule has 1 heterocycles. The number of anilines is 1. The first kappa shape index (κ1) is 20.0. The van der Waals surface area contributed by atoms with Gasteiger partial charge in [-0.1, -0.05) is 42.5 Å². The molecule has 1 atom stereocenters. The van der Waals surface area contributed by atoms with E-state index >= 15 is 0 Å². The lowest BCUT2D eigenvalue weighted by atomic mass is 10.2. The van der Waals surface area contributed by atoms with Crippen LogP contribution in [0.15, 0.2) is 54.6 Å². The number of amides is 2. The lowest BCUT2D eigenvalue weighted by Gasteiger charge is -2.25. The fraction of sp³-hybridized carbons (Fsp3) is 0.348. The molecule has 2 aromatic rings. The number of carbonyl (C=O) groups excluding carboxylic acids is 1. The summed E-state index contributed by atoms with van der Waals surface area (Å²) in [7, 11) is 1.63. The average molecular weight is 380 g/mol. The highest BCUT2D eigenvalue weighted by Crippen LogP contribution is 2.22. The van der Waals surface area contributed by atoms with Crippen LogP contribution in [0.5, 0.6) is 5.75 Å². The number of benzene rings is 2. The van der Waals surface area contributed by atoms with Gasteiger partial charge in [-0.3, -0.25) is 0 Å². The third kappa shape index (κ3) is 5.60. The largest absolute Gasteiger partial charge is 0.497 e. The van der Waals surface area contributed by atoms with Crippen molar-refractivity contribution in [3.63, 3.8) is 0 Å². The van der Waals surface area contributed by atoms with E-state index in [1.807, 2.05) is 67.6 Å². The van der Waals surface area contributed by atoms with Gasteiger partial charge in [-0.15, -0.1) is 0 Å². The molecule has 2 amide bonds. The van der Waals surface area contributed by atoms with E-state index < -0.39 is 0 Å². The maximum absolute atomic E-state index is 12.9. The van der Waals surface area contributed by atoms with Crippen LogP contribution in [-0.4, -0.2) is 43.8 Å². The van der Waals surface area contributed by atoms with Crippen molar-refractivity contribution in [2.75, 3.05) is 32.1 Å². The minimum atomic E-state index is -0.124. The Kier molecular flexibility index (Phi) is 7.09. The van der Waals surface area contributed by atoms with Gasteiger partial charge in [0.05, 0.1) is 13.2 Å². The number of rotatable bonds is 7. The Morgan fingerprint density at radius 2 is 2.11 bits per heavy atom. The Labute approximate surface area is 167 Å². The molecule has 1 aliphatic rings. The van der Waals surface area contributed by atoms with Crippen LogP contribution in [0.2, 0.25) is 0 Å². The number of nitrogens with zero attached hydrogens (tertiary/aromatic N) is 1. The van der Waals surface area contributed by atoms with Crippen LogP contribution in [0.25, 0.3) is 6.08 Å². The van der Waals surface area contributed by atoms with E-state index in [1.54, 1.807) is 12.0 Å². The van der Waals surface area contributed by atoms with Crippen LogP contribution in [-0.2, 0) is 4.74 Å². The normalized spacial score (nSPS) is 16.3. The zero-order valence-corrected chi connectivity index (χ0v) is 16.6. The summed E-state index contributed by atoms with van der Waals surface area (Å²) < 4.78 is 11.0. The topological polar surface area (TPSA) is 50.8 Å². The number of nitrogens with one attached hydrogen (secondary N) is 1. The molecule has 5 heteroatoms. The minimum Gasteiger partial charge on any atom is -0.497 e. The fourth-order valence-corrected chi connectivity index (χ4v) is 3.25. The summed E-state index contributed by atoms with van der Waals surface area (Å²) in [5, 5.41) is 3.03. The van der Waals surface area contributed by atoms with Crippen LogP contribution in [0.4, 0.5) is 10.5 Å². The summed E-state index contributed by atoms with van der Waals surface area (Å²) in [5.74, 6) is 0.775. The Morgan fingerprint density at radius 1 is 1.29 bits per heavy atom. The Balaban J connectivity index is 1.68. The summed E-state index contributed by atoms with van der Waals surface area (Å²) >= 11 is 0. The van der Waals surface area contributed by atoms with E-state index in [4.69, 9.17) is 9.47 Å². The molecule has 0 saturated carbocycles. The number of ether oxygens (including phenoxy) is 2. The molecular formula is C23H28N2O3. The molecule has 28 heavy (non-hydrogen) atoms. The predicted octanol–water partition coefficient (Wildman–Crippen LogP) is 4.73. The van der Waals surface area contributed by atoms with Crippen molar-refractivity contribution < 1.29 is 14.3 Å². The quantitative estimate of drug-likeness (QED) is 0.755. The molecule has 0 aromatic heterocycles. The van der Waals surface area contributed by atoms with E-state index in [1.165, 1.54) is 0 Å². The van der Waals surface area contributed by atoms with Gasteiger partial charge in [-0.25, -0.2) is 4.79 Å². The van der Waals surface area contributed by atoms with Crippen molar-refractivity contribution in [3.8, 4) is 5.75 Å². The second-order valence-electron chi connectivity index (χ2n) is 6.96. The Hall–Kier alpha value is -2.79. The first-order valence-corrected chi connectivity index (χ1v) is 9.69. The van der Waals surface area contributed by atoms with E-state index in [0.717, 1.165) is 42.0 Å². The van der Waals surface area contributed by atoms with Crippen molar-refractivity contribution in [2.45, 2.75) is 25.9 Å². The first-order valence-electron chi connectivity index (χ1n) is 9.69. The average Bonchev–Trinajstić information content (AvgIpc) is 3.22. The van der Waals surface area contributed by atoms with Crippen LogP contribution in [0, 0.1) is 6.92 Å². The molecule has 5 nitrogen and oxygen atoms in total. The lowest BCUT2D eigenvalue weighted by molar-refractivity contribution is 0.0863. The van der Waals surface area contributed by atoms with Crippen LogP contribution in [0.1, 0.15) is 24.0 Å². The SMILES string of the molecule is COc1ccc(NC(=O)N(C/C=C/c2ccccc2)C[C@@H]2CCCO2)c(C)c1. The summed E-state index contributed by atoms with van der Waals surface area (Å²) in [6, 6.07) is 15.6. The van der Waals surface area contributed by atoms with Gasteiger partial charge in [0.25, 0.3) is 0 Å². The molecule has 1 fully saturated rings. The van der Waals surface area contributed by atoms with Gasteiger partial charge >= 0.3 is 6.03 Å². The molecule has 148 valence electrons. The third-order valence-corrected chi connectivity index (χ3v) is 4.85. The van der Waals surface area contributed by atoms with Gasteiger partial charge in [0.1, 0.15) is 5.75 Å². The molecule has 0 aliphatic carbocycles. The van der Waals surface area contributed by atoms with E-state index in [-0.39, 0.29) is 12.1 Å². The highest BCUT2D eigenvalue weighted by Gasteiger charge is 2.22. The standard InChI is InChI=1S/C23H28N2O3/c1-18-16-20(27-2)12-13-22(18)24-23(26)25(17-21-11-7-15-28-21)14-6-10-19-8-4-3-5-9-19/h3-6,8-10,12-13,16,21H,7,11,14-15,17H2,1-2H3,(H,24,26)/b10-6+/t21-/m0/s1. The molecular weight excluding hydrogens is 352 g/mol. The Bertz CT molecular complexity index is 799. The summed E-state index contributed by atoms with van der Waals surface area (Å²) in [6.45, 7) is 3.84. The van der Waals surface area contributed by atoms with Gasteiger partial charge < -0.3 is 19.7 Å². The van der Waals surface area contributed by atoms with Gasteiger partial charge in [-0.05, 0) is 49.1 Å². The zero-order chi connectivity index (χ0) is 19.8. The molecule has 1 N–H and O–H groups in total. The Morgan fingerprint density at radius 3 is 2.79 bits per heavy atom. The number of hydrogen-bond donors (Lipinski definition) is 1. The molecule has 2 aromatic carbocycles. The van der Waals surface area contributed by atoms with Crippen molar-refractivity contribution in [1.82, 2.24) is 4.90 Å². The summed E-state index contributed by atoms with van der Waals surface area (Å²) in [4.78, 5) is 14.7. The van der Waals surface area contributed by atoms with E-state index in [2.05, 4.69) is 5.32 Å². The number of carbonyl (C=O) groups is 1. The van der Waals surface area contributed by atoms with E-state index in [9.17, 15) is 4.79 Å². The van der Waals surface area contributed by atoms with Gasteiger partial charge in [-0.2, -0.15) is 0 Å². The molecule has 0 spiro atoms. The molecule has 1 saturated heterocycles. The van der Waals surface area contributed by atoms with Crippen molar-refractivity contribution >= 4 is 17.8 Å². The highest BCUT2D eigenvalue weighted by atomic mass is 16.5. The van der Waals surface area contributed by atoms with Crippen molar-refractivity contribution in [3.05, 3.63) is 65.7 Å². The van der Waals surface area contributed by atoms with Gasteiger partial charge in [0.2, 0.25) is 0 Å². The second-order valence-corrected chi connectivity index (χ2v) is 6.96. The molecule has 3 rings (SSSR count). The number of hydrogen-bond acceptors (Lipinski definition) is 3. The monoisotopic (exact) mass is 380 g/mol. The summed E-state index contributed by atoms with van der Waals surface area (Å²) in [6.07, 6.45) is 6.21. The van der Waals surface area contributed by atoms with Crippen LogP contribution < -0.4 is 10.1 Å². The molecule has 0 unspecified atom stereocenters. The fourth-order valence-electron chi connectivity index (χ4n) is 3.25. The van der Waals surface area contributed by atoms with E-state index in [0.29, 0.717) is 13.1 Å². The lowest BCUT2D eigenvalue weighted by Crippen LogP contribution is -2.40. The molecule has 1 aliphatic heterocycles. The maximum Gasteiger partial charge on any atom is 0.322 e. The smallest absolute Gasteiger partial charge is 0.322 e. The van der Waals surface area contributed by atoms with Crippen LogP contribution >= 0.6 is 0 Å². The first-order chi connectivity index (χ1) is 13.7. The summed E-state index contributed by atoms with van der Waals surface area (Å²) in [5.41, 5.74) is 2.87.